The molecule has 0 aromatic heterocycles. The van der Waals surface area contributed by atoms with E-state index in [9.17, 15) is 14.3 Å². The molecule has 0 bridgehead atoms. The van der Waals surface area contributed by atoms with Gasteiger partial charge in [-0.05, 0) is 30.3 Å². The molecule has 4 nitrogen and oxygen atoms in total. The van der Waals surface area contributed by atoms with Crippen molar-refractivity contribution in [3.63, 3.8) is 0 Å². The van der Waals surface area contributed by atoms with E-state index >= 15 is 0 Å². The van der Waals surface area contributed by atoms with Crippen molar-refractivity contribution in [2.75, 3.05) is 11.9 Å². The molecule has 106 valence electrons. The Balaban J connectivity index is 2.24. The van der Waals surface area contributed by atoms with Crippen LogP contribution in [0.4, 0.5) is 10.1 Å². The Kier molecular flexibility index (Phi) is 4.54. The van der Waals surface area contributed by atoms with Gasteiger partial charge < -0.3 is 15.5 Å². The van der Waals surface area contributed by atoms with E-state index in [2.05, 4.69) is 17.2 Å². The van der Waals surface area contributed by atoms with Crippen molar-refractivity contribution >= 4 is 11.6 Å². The Morgan fingerprint density at radius 1 is 1.24 bits per heavy atom. The molecule has 5 heteroatoms. The molecule has 0 aliphatic carbocycles. The number of phenolic OH excluding ortho intramolecular Hbond substituents is 1. The molecule has 0 saturated heterocycles. The minimum Gasteiger partial charge on any atom is -0.507 e. The van der Waals surface area contributed by atoms with Gasteiger partial charge in [-0.15, -0.1) is 0 Å². The summed E-state index contributed by atoms with van der Waals surface area (Å²) in [6.07, 6.45) is 0. The molecule has 0 atom stereocenters. The fraction of sp³-hybridized carbons (Fsp3) is 0.0625. The molecule has 0 aliphatic heterocycles. The number of halogens is 1. The summed E-state index contributed by atoms with van der Waals surface area (Å²) in [5.41, 5.74) is 0.594. The molecule has 0 spiro atoms. The second kappa shape index (κ2) is 6.55. The van der Waals surface area contributed by atoms with Gasteiger partial charge in [0.1, 0.15) is 23.7 Å². The summed E-state index contributed by atoms with van der Waals surface area (Å²) >= 11 is 0. The summed E-state index contributed by atoms with van der Waals surface area (Å²) < 4.78 is 13.6. The summed E-state index contributed by atoms with van der Waals surface area (Å²) in [6, 6.07) is 10.2. The normalized spacial score (nSPS) is 9.62. The fourth-order valence-corrected chi connectivity index (χ4v) is 1.75. The van der Waals surface area contributed by atoms with Gasteiger partial charge in [0.2, 0.25) is 0 Å². The van der Waals surface area contributed by atoms with Crippen molar-refractivity contribution in [2.45, 2.75) is 0 Å². The first-order valence-corrected chi connectivity index (χ1v) is 6.10. The zero-order chi connectivity index (χ0) is 15.2. The summed E-state index contributed by atoms with van der Waals surface area (Å²) in [4.78, 5) is 12.0. The minimum atomic E-state index is -0.802. The molecule has 0 radical (unpaired) electrons. The highest BCUT2D eigenvalue weighted by molar-refractivity contribution is 6.06. The number of hydrogen-bond donors (Lipinski definition) is 3. The first-order chi connectivity index (χ1) is 10.1. The summed E-state index contributed by atoms with van der Waals surface area (Å²) in [6.45, 7) is -0.264. The third kappa shape index (κ3) is 3.59. The summed E-state index contributed by atoms with van der Waals surface area (Å²) in [5.74, 6) is 3.20. The van der Waals surface area contributed by atoms with E-state index in [1.54, 1.807) is 24.3 Å². The van der Waals surface area contributed by atoms with Crippen LogP contribution >= 0.6 is 0 Å². The predicted molar refractivity (Wildman–Crippen MR) is 76.4 cm³/mol. The molecule has 21 heavy (non-hydrogen) atoms. The predicted octanol–water partition coefficient (Wildman–Crippen LogP) is 2.13. The average molecular weight is 285 g/mol. The Bertz CT molecular complexity index is 712. The van der Waals surface area contributed by atoms with E-state index < -0.39 is 23.0 Å². The lowest BCUT2D eigenvalue weighted by molar-refractivity contribution is 0.102. The Hall–Kier alpha value is -2.84. The molecule has 0 aliphatic rings. The molecule has 2 rings (SSSR count). The number of benzene rings is 2. The van der Waals surface area contributed by atoms with Crippen molar-refractivity contribution in [3.8, 4) is 17.6 Å². The number of carbonyl (C=O) groups excluding carboxylic acids is 1. The van der Waals surface area contributed by atoms with Gasteiger partial charge in [-0.3, -0.25) is 4.79 Å². The third-order valence-corrected chi connectivity index (χ3v) is 2.65. The second-order valence-electron chi connectivity index (χ2n) is 4.13. The van der Waals surface area contributed by atoms with E-state index in [0.29, 0.717) is 11.3 Å². The van der Waals surface area contributed by atoms with E-state index in [0.717, 1.165) is 6.07 Å². The minimum absolute atomic E-state index is 0.264. The number of hydrogen-bond acceptors (Lipinski definition) is 3. The van der Waals surface area contributed by atoms with Crippen molar-refractivity contribution in [1.82, 2.24) is 0 Å². The van der Waals surface area contributed by atoms with Crippen LogP contribution in [0.1, 0.15) is 15.9 Å². The number of rotatable bonds is 2. The first kappa shape index (κ1) is 14.6. The molecule has 0 heterocycles. The number of anilines is 1. The summed E-state index contributed by atoms with van der Waals surface area (Å²) in [7, 11) is 0. The second-order valence-corrected chi connectivity index (χ2v) is 4.13. The third-order valence-electron chi connectivity index (χ3n) is 2.65. The molecule has 0 saturated carbocycles. The quantitative estimate of drug-likeness (QED) is 0.740. The van der Waals surface area contributed by atoms with Crippen LogP contribution in [-0.2, 0) is 0 Å². The molecule has 3 N–H and O–H groups in total. The van der Waals surface area contributed by atoms with Gasteiger partial charge in [-0.25, -0.2) is 4.39 Å². The molecule has 2 aromatic rings. The van der Waals surface area contributed by atoms with Gasteiger partial charge in [0.25, 0.3) is 5.91 Å². The largest absolute Gasteiger partial charge is 0.507 e. The number of aromatic hydroxyl groups is 1. The molecular weight excluding hydrogens is 273 g/mol. The molecule has 0 fully saturated rings. The topological polar surface area (TPSA) is 69.6 Å². The van der Waals surface area contributed by atoms with Crippen molar-refractivity contribution in [3.05, 3.63) is 59.4 Å². The van der Waals surface area contributed by atoms with Crippen LogP contribution < -0.4 is 5.32 Å². The van der Waals surface area contributed by atoms with Gasteiger partial charge in [0.05, 0.1) is 0 Å². The zero-order valence-electron chi connectivity index (χ0n) is 10.9. The van der Waals surface area contributed by atoms with E-state index in [1.807, 2.05) is 0 Å². The molecule has 2 aromatic carbocycles. The monoisotopic (exact) mass is 285 g/mol. The van der Waals surface area contributed by atoms with Crippen LogP contribution in [0, 0.1) is 17.7 Å². The van der Waals surface area contributed by atoms with Gasteiger partial charge in [0, 0.05) is 11.3 Å². The van der Waals surface area contributed by atoms with Crippen LogP contribution in [0.25, 0.3) is 0 Å². The highest BCUT2D eigenvalue weighted by atomic mass is 19.1. The lowest BCUT2D eigenvalue weighted by Crippen LogP contribution is -2.14. The molecular formula is C16H12FNO3. The maximum absolute atomic E-state index is 13.6. The van der Waals surface area contributed by atoms with Gasteiger partial charge >= 0.3 is 0 Å². The molecule has 1 amide bonds. The Morgan fingerprint density at radius 2 is 2.00 bits per heavy atom. The standard InChI is InChI=1S/C16H12FNO3/c17-13-7-2-8-14(20)15(13)16(21)18-12-6-1-4-11(10-12)5-3-9-19/h1-2,4,6-8,10,19-20H,9H2,(H,18,21). The van der Waals surface area contributed by atoms with Crippen LogP contribution in [0.2, 0.25) is 0 Å². The lowest BCUT2D eigenvalue weighted by atomic mass is 10.1. The van der Waals surface area contributed by atoms with Gasteiger partial charge in [-0.2, -0.15) is 0 Å². The van der Waals surface area contributed by atoms with Crippen LogP contribution in [0.5, 0.6) is 5.75 Å². The Morgan fingerprint density at radius 3 is 2.71 bits per heavy atom. The number of nitrogens with one attached hydrogen (secondary N) is 1. The highest BCUT2D eigenvalue weighted by Crippen LogP contribution is 2.21. The summed E-state index contributed by atoms with van der Waals surface area (Å²) in [5, 5.41) is 20.7. The van der Waals surface area contributed by atoms with Crippen molar-refractivity contribution in [2.24, 2.45) is 0 Å². The zero-order valence-corrected chi connectivity index (χ0v) is 10.9. The van der Waals surface area contributed by atoms with E-state index in [4.69, 9.17) is 5.11 Å². The average Bonchev–Trinajstić information content (AvgIpc) is 2.45. The fourth-order valence-electron chi connectivity index (χ4n) is 1.75. The SMILES string of the molecule is O=C(Nc1cccc(C#CCO)c1)c1c(O)cccc1F. The van der Waals surface area contributed by atoms with E-state index in [-0.39, 0.29) is 6.61 Å². The van der Waals surface area contributed by atoms with Crippen LogP contribution in [0.15, 0.2) is 42.5 Å². The van der Waals surface area contributed by atoms with Gasteiger partial charge in [0.15, 0.2) is 0 Å². The number of aliphatic hydroxyl groups excluding tert-OH is 1. The smallest absolute Gasteiger partial charge is 0.262 e. The maximum atomic E-state index is 13.6. The number of carbonyl (C=O) groups is 1. The number of phenols is 1. The van der Waals surface area contributed by atoms with Crippen LogP contribution in [-0.4, -0.2) is 22.7 Å². The maximum Gasteiger partial charge on any atom is 0.262 e. The Labute approximate surface area is 120 Å². The van der Waals surface area contributed by atoms with Crippen molar-refractivity contribution in [1.29, 1.82) is 0 Å². The first-order valence-electron chi connectivity index (χ1n) is 6.10. The van der Waals surface area contributed by atoms with Gasteiger partial charge in [-0.1, -0.05) is 24.0 Å². The van der Waals surface area contributed by atoms with E-state index in [1.165, 1.54) is 12.1 Å². The number of amides is 1. The highest BCUT2D eigenvalue weighted by Gasteiger charge is 2.16. The lowest BCUT2D eigenvalue weighted by Gasteiger charge is -2.08. The van der Waals surface area contributed by atoms with Crippen LogP contribution in [0.3, 0.4) is 0 Å². The number of aliphatic hydroxyl groups is 1. The van der Waals surface area contributed by atoms with Crippen molar-refractivity contribution < 1.29 is 19.4 Å². The molecule has 0 unspecified atom stereocenters.